The molecule has 16 heteroatoms. The number of amides is 4. The zero-order chi connectivity index (χ0) is 39.2. The fourth-order valence-electron chi connectivity index (χ4n) is 6.77. The third kappa shape index (κ3) is 8.32. The Labute approximate surface area is 317 Å². The van der Waals surface area contributed by atoms with Crippen molar-refractivity contribution in [2.24, 2.45) is 0 Å². The predicted octanol–water partition coefficient (Wildman–Crippen LogP) is 6.23. The van der Waals surface area contributed by atoms with Gasteiger partial charge in [-0.15, -0.1) is 5.12 Å². The van der Waals surface area contributed by atoms with Gasteiger partial charge in [0.2, 0.25) is 11.8 Å². The molecule has 290 valence electrons. The van der Waals surface area contributed by atoms with Crippen molar-refractivity contribution in [3.63, 3.8) is 0 Å². The van der Waals surface area contributed by atoms with E-state index in [0.717, 1.165) is 69.0 Å². The first-order valence-corrected chi connectivity index (χ1v) is 18.2. The average molecular weight is 757 g/mol. The van der Waals surface area contributed by atoms with Gasteiger partial charge in [0.1, 0.15) is 36.6 Å². The maximum Gasteiger partial charge on any atom is 0.438 e. The molecule has 0 saturated heterocycles. The summed E-state index contributed by atoms with van der Waals surface area (Å²) < 4.78 is 29.3. The maximum atomic E-state index is 14.0. The summed E-state index contributed by atoms with van der Waals surface area (Å²) in [5.41, 5.74) is 6.20. The molecule has 0 unspecified atom stereocenters. The Morgan fingerprint density at radius 1 is 0.927 bits per heavy atom. The van der Waals surface area contributed by atoms with E-state index >= 15 is 0 Å². The van der Waals surface area contributed by atoms with Crippen LogP contribution in [0.2, 0.25) is 0 Å². The third-order valence-electron chi connectivity index (χ3n) is 9.50. The smallest absolute Gasteiger partial charge is 0.438 e. The molecule has 1 aliphatic rings. The Bertz CT molecular complexity index is 2220. The average Bonchev–Trinajstić information content (AvgIpc) is 3.85. The Balaban J connectivity index is 1.21. The molecule has 3 aromatic carbocycles. The first kappa shape index (κ1) is 38.5. The van der Waals surface area contributed by atoms with E-state index in [2.05, 4.69) is 37.1 Å². The minimum atomic E-state index is -1.24. The van der Waals surface area contributed by atoms with Gasteiger partial charge >= 0.3 is 12.2 Å². The van der Waals surface area contributed by atoms with Gasteiger partial charge in [-0.1, -0.05) is 43.5 Å². The van der Waals surface area contributed by atoms with Crippen molar-refractivity contribution in [1.82, 2.24) is 40.2 Å². The number of rotatable bonds is 14. The number of alkyl carbamates (subject to hydrolysis) is 1. The molecule has 0 spiro atoms. The molecule has 4 amide bonds. The van der Waals surface area contributed by atoms with E-state index in [4.69, 9.17) is 14.5 Å². The summed E-state index contributed by atoms with van der Waals surface area (Å²) in [7, 11) is 2.31. The van der Waals surface area contributed by atoms with Crippen LogP contribution in [0, 0.1) is 0 Å². The lowest BCUT2D eigenvalue weighted by Crippen LogP contribution is -2.48. The second-order valence-corrected chi connectivity index (χ2v) is 13.3. The van der Waals surface area contributed by atoms with Crippen LogP contribution in [0.5, 0.6) is 5.75 Å². The number of benzene rings is 3. The highest BCUT2D eigenvalue weighted by Gasteiger charge is 2.27. The maximum absolute atomic E-state index is 14.0. The van der Waals surface area contributed by atoms with Gasteiger partial charge in [0.25, 0.3) is 0 Å². The molecule has 2 aromatic heterocycles. The van der Waals surface area contributed by atoms with Crippen LogP contribution in [-0.2, 0) is 38.8 Å². The molecule has 3 heterocycles. The SMILES string of the molecule is CCCN(Cc1ncc(-c2ccc3c(c2)COc2cc4c(ccc5[nH]c(CN(CCC)C(=O)[C@H](CC)NC(=O)OC)nc54)cc2-3)[nH]1)C(=O)CN(F)C(=O)OC. The number of imidazole rings is 2. The van der Waals surface area contributed by atoms with Crippen molar-refractivity contribution >= 4 is 45.8 Å². The Morgan fingerprint density at radius 2 is 1.69 bits per heavy atom. The fourth-order valence-corrected chi connectivity index (χ4v) is 6.77. The number of hydrogen-bond acceptors (Lipinski definition) is 9. The van der Waals surface area contributed by atoms with Gasteiger partial charge in [0, 0.05) is 24.0 Å². The van der Waals surface area contributed by atoms with Crippen molar-refractivity contribution in [1.29, 1.82) is 0 Å². The molecule has 1 atom stereocenters. The van der Waals surface area contributed by atoms with Gasteiger partial charge in [0.15, 0.2) is 0 Å². The van der Waals surface area contributed by atoms with Crippen LogP contribution in [0.1, 0.15) is 57.2 Å². The number of carbonyl (C=O) groups excluding carboxylic acids is 4. The van der Waals surface area contributed by atoms with Gasteiger partial charge in [-0.2, -0.15) is 0 Å². The molecular weight excluding hydrogens is 711 g/mol. The summed E-state index contributed by atoms with van der Waals surface area (Å²) >= 11 is 0. The molecule has 55 heavy (non-hydrogen) atoms. The summed E-state index contributed by atoms with van der Waals surface area (Å²) in [6.45, 7) is 6.54. The van der Waals surface area contributed by atoms with Gasteiger partial charge < -0.3 is 39.3 Å². The van der Waals surface area contributed by atoms with E-state index in [1.54, 1.807) is 11.1 Å². The van der Waals surface area contributed by atoms with Gasteiger partial charge in [0.05, 0.1) is 50.2 Å². The second kappa shape index (κ2) is 16.9. The van der Waals surface area contributed by atoms with Crippen LogP contribution in [0.3, 0.4) is 0 Å². The molecule has 6 rings (SSSR count). The minimum Gasteiger partial charge on any atom is -0.488 e. The standard InChI is InChI=1S/C39H45FN8O7/c1-6-13-46(35(49)21-48(40)39(52)54-5)19-33-41-18-31(43-33)24-9-11-26-25(15-24)22-55-32-17-27-23(16-28(26)32)10-12-30-36(27)45-34(42-30)20-47(14-7-2)37(50)29(8-3)44-38(51)53-4/h9-12,15-18,29H,6-8,13-14,19-22H2,1-5H3,(H,41,43)(H,42,45)(H,44,51)/t29-/m0/s1. The number of methoxy groups -OCH3 is 2. The third-order valence-corrected chi connectivity index (χ3v) is 9.50. The lowest BCUT2D eigenvalue weighted by Gasteiger charge is -2.26. The van der Waals surface area contributed by atoms with Crippen molar-refractivity contribution in [3.05, 3.63) is 65.9 Å². The lowest BCUT2D eigenvalue weighted by atomic mass is 9.92. The van der Waals surface area contributed by atoms with Crippen LogP contribution < -0.4 is 10.1 Å². The highest BCUT2D eigenvalue weighted by atomic mass is 19.2. The monoisotopic (exact) mass is 756 g/mol. The van der Waals surface area contributed by atoms with Crippen LogP contribution >= 0.6 is 0 Å². The van der Waals surface area contributed by atoms with Crippen molar-refractivity contribution < 1.29 is 37.9 Å². The zero-order valence-corrected chi connectivity index (χ0v) is 31.5. The highest BCUT2D eigenvalue weighted by molar-refractivity contribution is 6.07. The molecule has 0 radical (unpaired) electrons. The van der Waals surface area contributed by atoms with E-state index in [9.17, 15) is 23.7 Å². The number of nitrogens with one attached hydrogen (secondary N) is 3. The minimum absolute atomic E-state index is 0.115. The molecule has 0 saturated carbocycles. The molecule has 0 bridgehead atoms. The summed E-state index contributed by atoms with van der Waals surface area (Å²) in [6, 6.07) is 13.5. The lowest BCUT2D eigenvalue weighted by molar-refractivity contribution is -0.136. The van der Waals surface area contributed by atoms with Crippen LogP contribution in [0.4, 0.5) is 14.1 Å². The van der Waals surface area contributed by atoms with Crippen LogP contribution in [0.15, 0.2) is 48.7 Å². The number of aromatic amines is 2. The Morgan fingerprint density at radius 3 is 2.42 bits per heavy atom. The molecule has 0 fully saturated rings. The largest absolute Gasteiger partial charge is 0.488 e. The van der Waals surface area contributed by atoms with Crippen molar-refractivity contribution in [2.45, 2.75) is 65.8 Å². The normalized spacial score (nSPS) is 12.3. The number of H-pyrrole nitrogens is 2. The van der Waals surface area contributed by atoms with E-state index in [1.807, 2.05) is 51.1 Å². The van der Waals surface area contributed by atoms with E-state index < -0.39 is 30.7 Å². The number of halogens is 1. The van der Waals surface area contributed by atoms with Crippen molar-refractivity contribution in [2.75, 3.05) is 33.9 Å². The highest BCUT2D eigenvalue weighted by Crippen LogP contribution is 2.42. The molecule has 0 aliphatic carbocycles. The van der Waals surface area contributed by atoms with Gasteiger partial charge in [-0.05, 0) is 65.6 Å². The zero-order valence-electron chi connectivity index (χ0n) is 31.5. The van der Waals surface area contributed by atoms with E-state index in [-0.39, 0.29) is 24.1 Å². The molecular formula is C39H45FN8O7. The number of ether oxygens (including phenoxy) is 3. The summed E-state index contributed by atoms with van der Waals surface area (Å²) in [5.74, 6) is 1.11. The second-order valence-electron chi connectivity index (χ2n) is 13.3. The molecule has 1 aliphatic heterocycles. The number of fused-ring (bicyclic) bond motifs is 6. The topological polar surface area (TPSA) is 175 Å². The fraction of sp³-hybridized carbons (Fsp3) is 0.385. The molecule has 15 nitrogen and oxygen atoms in total. The van der Waals surface area contributed by atoms with Gasteiger partial charge in [-0.3, -0.25) is 9.59 Å². The summed E-state index contributed by atoms with van der Waals surface area (Å²) in [6.07, 6.45) is 1.60. The van der Waals surface area contributed by atoms with E-state index in [1.165, 1.54) is 12.0 Å². The van der Waals surface area contributed by atoms with Crippen molar-refractivity contribution in [3.8, 4) is 28.1 Å². The van der Waals surface area contributed by atoms with Gasteiger partial charge in [-0.25, -0.2) is 19.6 Å². The molecule has 5 aromatic rings. The number of nitrogens with zero attached hydrogens (tertiary/aromatic N) is 5. The summed E-state index contributed by atoms with van der Waals surface area (Å²) in [4.78, 5) is 68.6. The number of carbonyl (C=O) groups is 4. The number of aromatic nitrogens is 4. The molecule has 3 N–H and O–H groups in total. The first-order chi connectivity index (χ1) is 26.6. The number of hydrogen-bond donors (Lipinski definition) is 3. The van der Waals surface area contributed by atoms with Crippen LogP contribution in [-0.4, -0.2) is 98.8 Å². The summed E-state index contributed by atoms with van der Waals surface area (Å²) in [5, 5.41) is 4.26. The predicted molar refractivity (Wildman–Crippen MR) is 202 cm³/mol. The van der Waals surface area contributed by atoms with Crippen LogP contribution in [0.25, 0.3) is 44.2 Å². The Hall–Kier alpha value is -6.19. The first-order valence-electron chi connectivity index (χ1n) is 18.2. The Kier molecular flexibility index (Phi) is 11.8. The van der Waals surface area contributed by atoms with E-state index in [0.29, 0.717) is 44.2 Å². The quantitative estimate of drug-likeness (QED) is 0.111.